The molecular weight excluding hydrogens is 258 g/mol. The van der Waals surface area contributed by atoms with Crippen molar-refractivity contribution in [3.05, 3.63) is 28.3 Å². The van der Waals surface area contributed by atoms with E-state index in [0.717, 1.165) is 11.1 Å². The van der Waals surface area contributed by atoms with Crippen molar-refractivity contribution in [2.24, 2.45) is 0 Å². The number of imide groups is 1. The second kappa shape index (κ2) is 4.35. The number of carbonyl (C=O) groups is 2. The molecule has 90 valence electrons. The molecule has 1 aliphatic rings. The van der Waals surface area contributed by atoms with E-state index in [1.54, 1.807) is 19.1 Å². The molecule has 0 radical (unpaired) electrons. The van der Waals surface area contributed by atoms with Crippen LogP contribution >= 0.6 is 24.2 Å². The van der Waals surface area contributed by atoms with Crippen molar-refractivity contribution in [2.75, 3.05) is 4.90 Å². The number of thiol groups is 1. The zero-order valence-electron chi connectivity index (χ0n) is 9.53. The highest BCUT2D eigenvalue weighted by Gasteiger charge is 2.38. The number of benzene rings is 1. The number of hydrogen-bond acceptors (Lipinski definition) is 3. The van der Waals surface area contributed by atoms with Gasteiger partial charge < -0.3 is 0 Å². The number of aryl methyl sites for hydroxylation is 1. The maximum absolute atomic E-state index is 11.9. The summed E-state index contributed by atoms with van der Waals surface area (Å²) in [6, 6.07) is 3.57. The first-order valence-corrected chi connectivity index (χ1v) is 6.13. The lowest BCUT2D eigenvalue weighted by Gasteiger charge is -2.20. The van der Waals surface area contributed by atoms with Crippen LogP contribution in [-0.2, 0) is 9.59 Å². The number of carbonyl (C=O) groups excluding carboxylic acids is 2. The highest BCUT2D eigenvalue weighted by atomic mass is 35.5. The summed E-state index contributed by atoms with van der Waals surface area (Å²) in [4.78, 5) is 24.9. The minimum atomic E-state index is -0.541. The summed E-state index contributed by atoms with van der Waals surface area (Å²) in [5.74, 6) is -0.490. The topological polar surface area (TPSA) is 37.4 Å². The molecule has 0 saturated carbocycles. The van der Waals surface area contributed by atoms with Crippen LogP contribution in [0.25, 0.3) is 0 Å². The smallest absolute Gasteiger partial charge is 0.247 e. The van der Waals surface area contributed by atoms with E-state index >= 15 is 0 Å². The quantitative estimate of drug-likeness (QED) is 0.628. The molecular formula is C12H12ClNO2S. The van der Waals surface area contributed by atoms with Gasteiger partial charge in [0.25, 0.3) is 0 Å². The Balaban J connectivity index is 2.58. The average molecular weight is 270 g/mol. The highest BCUT2D eigenvalue weighted by molar-refractivity contribution is 7.82. The largest absolute Gasteiger partial charge is 0.274 e. The first-order chi connectivity index (χ1) is 7.93. The van der Waals surface area contributed by atoms with E-state index in [1.165, 1.54) is 4.90 Å². The lowest BCUT2D eigenvalue weighted by atomic mass is 10.1. The summed E-state index contributed by atoms with van der Waals surface area (Å²) in [5.41, 5.74) is 2.20. The molecule has 0 spiro atoms. The van der Waals surface area contributed by atoms with Crippen molar-refractivity contribution in [3.8, 4) is 0 Å². The number of amides is 2. The van der Waals surface area contributed by atoms with E-state index in [2.05, 4.69) is 12.6 Å². The van der Waals surface area contributed by atoms with Gasteiger partial charge in [-0.3, -0.25) is 9.59 Å². The Morgan fingerprint density at radius 1 is 1.35 bits per heavy atom. The lowest BCUT2D eigenvalue weighted by molar-refractivity contribution is -0.121. The van der Waals surface area contributed by atoms with Gasteiger partial charge in [-0.15, -0.1) is 0 Å². The molecule has 1 saturated heterocycles. The van der Waals surface area contributed by atoms with Gasteiger partial charge in [-0.05, 0) is 31.0 Å². The Morgan fingerprint density at radius 2 is 2.00 bits per heavy atom. The Morgan fingerprint density at radius 3 is 2.53 bits per heavy atom. The van der Waals surface area contributed by atoms with Crippen LogP contribution < -0.4 is 4.90 Å². The van der Waals surface area contributed by atoms with Crippen molar-refractivity contribution in [1.29, 1.82) is 0 Å². The van der Waals surface area contributed by atoms with Crippen LogP contribution in [0.15, 0.2) is 12.1 Å². The molecule has 0 aliphatic carbocycles. The van der Waals surface area contributed by atoms with Crippen molar-refractivity contribution >= 4 is 41.7 Å². The minimum Gasteiger partial charge on any atom is -0.274 e. The highest BCUT2D eigenvalue weighted by Crippen LogP contribution is 2.34. The summed E-state index contributed by atoms with van der Waals surface area (Å²) in [6.07, 6.45) is 0.146. The molecule has 1 aliphatic heterocycles. The van der Waals surface area contributed by atoms with Crippen molar-refractivity contribution in [3.63, 3.8) is 0 Å². The summed E-state index contributed by atoms with van der Waals surface area (Å²) < 4.78 is 0. The van der Waals surface area contributed by atoms with Gasteiger partial charge in [-0.2, -0.15) is 12.6 Å². The first kappa shape index (κ1) is 12.5. The second-order valence-corrected chi connectivity index (χ2v) is 5.16. The average Bonchev–Trinajstić information content (AvgIpc) is 2.51. The third kappa shape index (κ3) is 1.96. The molecule has 0 bridgehead atoms. The molecule has 2 amide bonds. The second-order valence-electron chi connectivity index (χ2n) is 4.13. The van der Waals surface area contributed by atoms with E-state index < -0.39 is 5.25 Å². The van der Waals surface area contributed by atoms with E-state index in [4.69, 9.17) is 11.6 Å². The van der Waals surface area contributed by atoms with Crippen LogP contribution in [0.5, 0.6) is 0 Å². The number of anilines is 1. The molecule has 1 unspecified atom stereocenters. The summed E-state index contributed by atoms with van der Waals surface area (Å²) in [7, 11) is 0. The molecule has 1 atom stereocenters. The molecule has 1 fully saturated rings. The molecule has 1 aromatic carbocycles. The molecule has 2 rings (SSSR count). The fourth-order valence-corrected chi connectivity index (χ4v) is 2.43. The van der Waals surface area contributed by atoms with Crippen LogP contribution in [0, 0.1) is 13.8 Å². The van der Waals surface area contributed by atoms with E-state index in [9.17, 15) is 9.59 Å². The van der Waals surface area contributed by atoms with Crippen molar-refractivity contribution in [2.45, 2.75) is 25.5 Å². The van der Waals surface area contributed by atoms with E-state index in [-0.39, 0.29) is 18.2 Å². The van der Waals surface area contributed by atoms with E-state index in [1.807, 2.05) is 6.92 Å². The summed E-state index contributed by atoms with van der Waals surface area (Å²) >= 11 is 10.1. The maximum atomic E-state index is 11.9. The van der Waals surface area contributed by atoms with Gasteiger partial charge in [0.1, 0.15) is 0 Å². The van der Waals surface area contributed by atoms with Crippen LogP contribution in [0.1, 0.15) is 17.5 Å². The predicted molar refractivity (Wildman–Crippen MR) is 70.8 cm³/mol. The Bertz CT molecular complexity index is 515. The third-order valence-corrected chi connectivity index (χ3v) is 3.73. The maximum Gasteiger partial charge on any atom is 0.247 e. The molecule has 17 heavy (non-hydrogen) atoms. The Labute approximate surface area is 110 Å². The summed E-state index contributed by atoms with van der Waals surface area (Å²) in [6.45, 7) is 3.65. The van der Waals surface area contributed by atoms with Gasteiger partial charge in [0.05, 0.1) is 10.9 Å². The molecule has 5 heteroatoms. The fourth-order valence-electron chi connectivity index (χ4n) is 2.01. The van der Waals surface area contributed by atoms with Gasteiger partial charge in [-0.1, -0.05) is 17.7 Å². The van der Waals surface area contributed by atoms with Crippen LogP contribution in [0.3, 0.4) is 0 Å². The normalized spacial score (nSPS) is 20.2. The van der Waals surface area contributed by atoms with Crippen LogP contribution in [0.2, 0.25) is 5.02 Å². The predicted octanol–water partition coefficient (Wildman–Crippen LogP) is 2.52. The van der Waals surface area contributed by atoms with E-state index in [0.29, 0.717) is 10.7 Å². The standard InChI is InChI=1S/C12H12ClNO2S/c1-6-3-4-8(13)7(2)11(6)14-10(15)5-9(17)12(14)16/h3-4,9,17H,5H2,1-2H3. The summed E-state index contributed by atoms with van der Waals surface area (Å²) in [5, 5.41) is 0.00842. The van der Waals surface area contributed by atoms with Crippen LogP contribution in [-0.4, -0.2) is 17.1 Å². The van der Waals surface area contributed by atoms with Crippen molar-refractivity contribution in [1.82, 2.24) is 0 Å². The number of rotatable bonds is 1. The number of nitrogens with zero attached hydrogens (tertiary/aromatic N) is 1. The van der Waals surface area contributed by atoms with Gasteiger partial charge >= 0.3 is 0 Å². The molecule has 0 N–H and O–H groups in total. The zero-order valence-corrected chi connectivity index (χ0v) is 11.2. The molecule has 3 nitrogen and oxygen atoms in total. The molecule has 1 aromatic rings. The monoisotopic (exact) mass is 269 g/mol. The minimum absolute atomic E-state index is 0.146. The van der Waals surface area contributed by atoms with Crippen molar-refractivity contribution < 1.29 is 9.59 Å². The third-order valence-electron chi connectivity index (χ3n) is 2.91. The number of halogens is 1. The Hall–Kier alpha value is -1.00. The number of hydrogen-bond donors (Lipinski definition) is 1. The SMILES string of the molecule is Cc1ccc(Cl)c(C)c1N1C(=O)CC(S)C1=O. The first-order valence-electron chi connectivity index (χ1n) is 5.24. The molecule has 0 aromatic heterocycles. The fraction of sp³-hybridized carbons (Fsp3) is 0.333. The Kier molecular flexibility index (Phi) is 3.19. The zero-order chi connectivity index (χ0) is 12.7. The molecule has 1 heterocycles. The van der Waals surface area contributed by atoms with Crippen LogP contribution in [0.4, 0.5) is 5.69 Å². The van der Waals surface area contributed by atoms with Gasteiger partial charge in [0, 0.05) is 11.4 Å². The lowest BCUT2D eigenvalue weighted by Crippen LogP contribution is -2.32. The van der Waals surface area contributed by atoms with Gasteiger partial charge in [0.15, 0.2) is 0 Å². The van der Waals surface area contributed by atoms with Gasteiger partial charge in [0.2, 0.25) is 11.8 Å². The van der Waals surface area contributed by atoms with Gasteiger partial charge in [-0.25, -0.2) is 4.90 Å².